The fourth-order valence-corrected chi connectivity index (χ4v) is 1.83. The second-order valence-corrected chi connectivity index (χ2v) is 4.54. The van der Waals surface area contributed by atoms with E-state index in [1.165, 1.54) is 12.3 Å². The van der Waals surface area contributed by atoms with E-state index in [-0.39, 0.29) is 17.0 Å². The molecule has 0 saturated heterocycles. The second-order valence-electron chi connectivity index (χ2n) is 4.54. The summed E-state index contributed by atoms with van der Waals surface area (Å²) in [7, 11) is 0. The number of para-hydroxylation sites is 1. The number of amides is 1. The number of unbranched alkanes of at least 4 members (excludes halogenated alkanes) is 1. The number of rotatable bonds is 7. The van der Waals surface area contributed by atoms with Crippen molar-refractivity contribution in [1.82, 2.24) is 10.3 Å². The lowest BCUT2D eigenvalue weighted by Crippen LogP contribution is -2.30. The van der Waals surface area contributed by atoms with Crippen LogP contribution in [0.2, 0.25) is 0 Å². The maximum absolute atomic E-state index is 11.8. The van der Waals surface area contributed by atoms with Crippen LogP contribution < -0.4 is 15.6 Å². The summed E-state index contributed by atoms with van der Waals surface area (Å²) in [6.45, 7) is 1.12. The van der Waals surface area contributed by atoms with E-state index in [9.17, 15) is 9.59 Å². The Kier molecular flexibility index (Phi) is 5.58. The number of nitrogens with one attached hydrogen (secondary N) is 2. The van der Waals surface area contributed by atoms with Gasteiger partial charge in [-0.25, -0.2) is 0 Å². The van der Waals surface area contributed by atoms with Gasteiger partial charge in [0.05, 0.1) is 6.61 Å². The van der Waals surface area contributed by atoms with E-state index in [2.05, 4.69) is 10.3 Å². The van der Waals surface area contributed by atoms with E-state index in [1.54, 1.807) is 6.07 Å². The molecule has 110 valence electrons. The van der Waals surface area contributed by atoms with Gasteiger partial charge in [-0.3, -0.25) is 9.59 Å². The third kappa shape index (κ3) is 4.80. The van der Waals surface area contributed by atoms with Gasteiger partial charge in [-0.05, 0) is 37.1 Å². The van der Waals surface area contributed by atoms with Gasteiger partial charge >= 0.3 is 0 Å². The Morgan fingerprint density at radius 2 is 1.90 bits per heavy atom. The Bertz CT molecular complexity index is 623. The maximum atomic E-state index is 11.8. The van der Waals surface area contributed by atoms with E-state index in [0.717, 1.165) is 18.6 Å². The topological polar surface area (TPSA) is 71.2 Å². The van der Waals surface area contributed by atoms with Gasteiger partial charge < -0.3 is 15.0 Å². The van der Waals surface area contributed by atoms with E-state index in [1.807, 2.05) is 30.3 Å². The van der Waals surface area contributed by atoms with Crippen LogP contribution in [-0.2, 0) is 0 Å². The zero-order valence-corrected chi connectivity index (χ0v) is 11.7. The predicted octanol–water partition coefficient (Wildman–Crippen LogP) is 1.96. The summed E-state index contributed by atoms with van der Waals surface area (Å²) >= 11 is 0. The monoisotopic (exact) mass is 286 g/mol. The van der Waals surface area contributed by atoms with Gasteiger partial charge in [0.1, 0.15) is 11.3 Å². The number of benzene rings is 1. The number of hydrogen-bond donors (Lipinski definition) is 2. The predicted molar refractivity (Wildman–Crippen MR) is 80.6 cm³/mol. The summed E-state index contributed by atoms with van der Waals surface area (Å²) in [4.78, 5) is 25.6. The summed E-state index contributed by atoms with van der Waals surface area (Å²) in [5.41, 5.74) is -0.236. The Balaban J connectivity index is 1.63. The van der Waals surface area contributed by atoms with E-state index in [4.69, 9.17) is 4.74 Å². The molecule has 0 spiro atoms. The lowest BCUT2D eigenvalue weighted by Gasteiger charge is -2.06. The number of pyridine rings is 1. The average Bonchev–Trinajstić information content (AvgIpc) is 2.52. The van der Waals surface area contributed by atoms with Crippen molar-refractivity contribution >= 4 is 5.91 Å². The Morgan fingerprint density at radius 1 is 1.10 bits per heavy atom. The van der Waals surface area contributed by atoms with Crippen molar-refractivity contribution in [2.75, 3.05) is 13.2 Å². The molecule has 5 heteroatoms. The van der Waals surface area contributed by atoms with Gasteiger partial charge in [0.15, 0.2) is 0 Å². The number of carbonyl (C=O) groups excluding carboxylic acids is 1. The van der Waals surface area contributed by atoms with Crippen LogP contribution in [0.3, 0.4) is 0 Å². The average molecular weight is 286 g/mol. The van der Waals surface area contributed by atoms with Crippen LogP contribution in [0.15, 0.2) is 53.5 Å². The maximum Gasteiger partial charge on any atom is 0.260 e. The van der Waals surface area contributed by atoms with E-state index in [0.29, 0.717) is 13.2 Å². The number of H-pyrrole nitrogens is 1. The zero-order valence-electron chi connectivity index (χ0n) is 11.7. The summed E-state index contributed by atoms with van der Waals surface area (Å²) < 4.78 is 5.55. The quantitative estimate of drug-likeness (QED) is 0.764. The highest BCUT2D eigenvalue weighted by Crippen LogP contribution is 2.08. The molecule has 0 saturated carbocycles. The molecule has 2 aromatic rings. The van der Waals surface area contributed by atoms with Gasteiger partial charge in [-0.2, -0.15) is 0 Å². The molecule has 21 heavy (non-hydrogen) atoms. The van der Waals surface area contributed by atoms with Crippen LogP contribution >= 0.6 is 0 Å². The second kappa shape index (κ2) is 7.89. The van der Waals surface area contributed by atoms with Crippen LogP contribution in [0.5, 0.6) is 5.75 Å². The summed E-state index contributed by atoms with van der Waals surface area (Å²) in [6, 6.07) is 12.7. The first-order valence-electron chi connectivity index (χ1n) is 6.91. The molecule has 0 unspecified atom stereocenters. The third-order valence-corrected chi connectivity index (χ3v) is 2.93. The number of ether oxygens (including phenoxy) is 1. The Morgan fingerprint density at radius 3 is 2.67 bits per heavy atom. The summed E-state index contributed by atoms with van der Waals surface area (Å²) in [5.74, 6) is 0.498. The van der Waals surface area contributed by atoms with E-state index < -0.39 is 0 Å². The smallest absolute Gasteiger partial charge is 0.260 e. The molecule has 0 atom stereocenters. The van der Waals surface area contributed by atoms with Crippen LogP contribution in [0, 0.1) is 0 Å². The standard InChI is InChI=1S/C16H18N2O3/c19-15(14-9-6-11-18-16(14)20)17-10-4-5-12-21-13-7-2-1-3-8-13/h1-3,6-9,11H,4-5,10,12H2,(H,17,19)(H,18,20). The lowest BCUT2D eigenvalue weighted by molar-refractivity contribution is 0.0951. The molecule has 0 radical (unpaired) electrons. The van der Waals surface area contributed by atoms with Gasteiger partial charge in [-0.1, -0.05) is 18.2 Å². The molecule has 1 aromatic carbocycles. The Labute approximate surface area is 123 Å². The van der Waals surface area contributed by atoms with E-state index >= 15 is 0 Å². The molecule has 0 aliphatic carbocycles. The van der Waals surface area contributed by atoms with Crippen LogP contribution in [0.25, 0.3) is 0 Å². The van der Waals surface area contributed by atoms with Crippen molar-refractivity contribution in [3.8, 4) is 5.75 Å². The van der Waals surface area contributed by atoms with Crippen molar-refractivity contribution in [3.63, 3.8) is 0 Å². The van der Waals surface area contributed by atoms with Crippen molar-refractivity contribution in [1.29, 1.82) is 0 Å². The summed E-state index contributed by atoms with van der Waals surface area (Å²) in [5, 5.41) is 2.72. The minimum absolute atomic E-state index is 0.137. The molecular weight excluding hydrogens is 268 g/mol. The first-order valence-corrected chi connectivity index (χ1v) is 6.91. The molecular formula is C16H18N2O3. The highest BCUT2D eigenvalue weighted by atomic mass is 16.5. The SMILES string of the molecule is O=C(NCCCCOc1ccccc1)c1ccc[nH]c1=O. The minimum Gasteiger partial charge on any atom is -0.494 e. The molecule has 2 rings (SSSR count). The molecule has 0 fully saturated rings. The molecule has 5 nitrogen and oxygen atoms in total. The van der Waals surface area contributed by atoms with Crippen LogP contribution in [-0.4, -0.2) is 24.0 Å². The first-order chi connectivity index (χ1) is 10.3. The largest absolute Gasteiger partial charge is 0.494 e. The van der Waals surface area contributed by atoms with Crippen molar-refractivity contribution in [3.05, 3.63) is 64.6 Å². The minimum atomic E-state index is -0.373. The van der Waals surface area contributed by atoms with Crippen molar-refractivity contribution in [2.24, 2.45) is 0 Å². The fourth-order valence-electron chi connectivity index (χ4n) is 1.83. The number of carbonyl (C=O) groups is 1. The number of aromatic nitrogens is 1. The zero-order chi connectivity index (χ0) is 14.9. The normalized spacial score (nSPS) is 10.1. The first kappa shape index (κ1) is 14.8. The van der Waals surface area contributed by atoms with Crippen molar-refractivity contribution in [2.45, 2.75) is 12.8 Å². The Hall–Kier alpha value is -2.56. The molecule has 0 aliphatic rings. The van der Waals surface area contributed by atoms with Crippen LogP contribution in [0.4, 0.5) is 0 Å². The summed E-state index contributed by atoms with van der Waals surface area (Å²) in [6.07, 6.45) is 3.13. The molecule has 2 N–H and O–H groups in total. The molecule has 1 heterocycles. The van der Waals surface area contributed by atoms with Crippen molar-refractivity contribution < 1.29 is 9.53 Å². The number of aromatic amines is 1. The van der Waals surface area contributed by atoms with Gasteiger partial charge in [0.2, 0.25) is 0 Å². The lowest BCUT2D eigenvalue weighted by atomic mass is 10.2. The van der Waals surface area contributed by atoms with Crippen LogP contribution in [0.1, 0.15) is 23.2 Å². The molecule has 0 bridgehead atoms. The highest BCUT2D eigenvalue weighted by Gasteiger charge is 2.07. The molecule has 0 aliphatic heterocycles. The fraction of sp³-hybridized carbons (Fsp3) is 0.250. The third-order valence-electron chi connectivity index (χ3n) is 2.93. The van der Waals surface area contributed by atoms with Gasteiger partial charge in [0.25, 0.3) is 11.5 Å². The molecule has 1 aromatic heterocycles. The molecule has 1 amide bonds. The number of hydrogen-bond acceptors (Lipinski definition) is 3. The van der Waals surface area contributed by atoms with Gasteiger partial charge in [-0.15, -0.1) is 0 Å². The van der Waals surface area contributed by atoms with Gasteiger partial charge in [0, 0.05) is 12.7 Å². The highest BCUT2D eigenvalue weighted by molar-refractivity contribution is 5.93.